The van der Waals surface area contributed by atoms with Crippen molar-refractivity contribution in [1.82, 2.24) is 0 Å². The van der Waals surface area contributed by atoms with Crippen molar-refractivity contribution in [3.05, 3.63) is 65.0 Å². The zero-order valence-electron chi connectivity index (χ0n) is 10.7. The molecule has 0 aliphatic carbocycles. The fourth-order valence-corrected chi connectivity index (χ4v) is 1.65. The fourth-order valence-electron chi connectivity index (χ4n) is 1.65. The molecule has 21 heavy (non-hydrogen) atoms. The van der Waals surface area contributed by atoms with Gasteiger partial charge in [0, 0.05) is 11.1 Å². The Labute approximate surface area is 118 Å². The Morgan fingerprint density at radius 3 is 2.33 bits per heavy atom. The highest BCUT2D eigenvalue weighted by Crippen LogP contribution is 2.22. The molecular weight excluding hydrogens is 285 g/mol. The minimum Gasteiger partial charge on any atom is -0.483 e. The Hall–Kier alpha value is -2.70. The molecule has 0 fully saturated rings. The van der Waals surface area contributed by atoms with Crippen LogP contribution in [0.15, 0.2) is 41.6 Å². The number of halogens is 3. The van der Waals surface area contributed by atoms with Gasteiger partial charge in [0.25, 0.3) is 0 Å². The molecule has 0 amide bonds. The quantitative estimate of drug-likeness (QED) is 0.394. The number of benzene rings is 2. The van der Waals surface area contributed by atoms with Crippen molar-refractivity contribution in [3.63, 3.8) is 0 Å². The van der Waals surface area contributed by atoms with Crippen molar-refractivity contribution >= 4 is 5.84 Å². The van der Waals surface area contributed by atoms with Crippen LogP contribution < -0.4 is 10.5 Å². The minimum absolute atomic E-state index is 0.0761. The van der Waals surface area contributed by atoms with Gasteiger partial charge in [-0.3, -0.25) is 0 Å². The average molecular weight is 296 g/mol. The van der Waals surface area contributed by atoms with Gasteiger partial charge >= 0.3 is 0 Å². The molecule has 3 N–H and O–H groups in total. The van der Waals surface area contributed by atoms with E-state index in [1.807, 2.05) is 0 Å². The molecule has 110 valence electrons. The van der Waals surface area contributed by atoms with Crippen LogP contribution in [-0.4, -0.2) is 11.0 Å². The maximum atomic E-state index is 13.8. The van der Waals surface area contributed by atoms with Gasteiger partial charge in [0.05, 0.1) is 0 Å². The van der Waals surface area contributed by atoms with Crippen molar-refractivity contribution in [2.24, 2.45) is 10.9 Å². The largest absolute Gasteiger partial charge is 0.483 e. The van der Waals surface area contributed by atoms with Gasteiger partial charge in [-0.1, -0.05) is 23.4 Å². The topological polar surface area (TPSA) is 67.8 Å². The van der Waals surface area contributed by atoms with Crippen molar-refractivity contribution in [3.8, 4) is 5.75 Å². The molecule has 2 aromatic rings. The summed E-state index contributed by atoms with van der Waals surface area (Å²) >= 11 is 0. The number of hydrogen-bond donors (Lipinski definition) is 2. The smallest absolute Gasteiger partial charge is 0.191 e. The standard InChI is InChI=1S/C14H11F3N2O2/c15-10-2-1-3-11(16)13(10)21-7-9-5-4-8(6-12(9)17)14(18)19-20/h1-6,20H,7H2,(H2,18,19). The van der Waals surface area contributed by atoms with Crippen LogP contribution in [0.2, 0.25) is 0 Å². The summed E-state index contributed by atoms with van der Waals surface area (Å²) in [7, 11) is 0. The van der Waals surface area contributed by atoms with Gasteiger partial charge in [-0.15, -0.1) is 0 Å². The van der Waals surface area contributed by atoms with E-state index in [1.165, 1.54) is 18.2 Å². The third-order valence-electron chi connectivity index (χ3n) is 2.75. The Balaban J connectivity index is 2.18. The van der Waals surface area contributed by atoms with E-state index in [1.54, 1.807) is 0 Å². The second kappa shape index (κ2) is 6.17. The molecule has 0 atom stereocenters. The lowest BCUT2D eigenvalue weighted by molar-refractivity contribution is 0.269. The molecule has 4 nitrogen and oxygen atoms in total. The van der Waals surface area contributed by atoms with E-state index >= 15 is 0 Å². The van der Waals surface area contributed by atoms with Crippen molar-refractivity contribution < 1.29 is 23.1 Å². The average Bonchev–Trinajstić information content (AvgIpc) is 2.47. The van der Waals surface area contributed by atoms with E-state index in [9.17, 15) is 13.2 Å². The molecule has 2 rings (SSSR count). The van der Waals surface area contributed by atoms with E-state index in [0.717, 1.165) is 18.2 Å². The van der Waals surface area contributed by atoms with Gasteiger partial charge < -0.3 is 15.7 Å². The lowest BCUT2D eigenvalue weighted by Crippen LogP contribution is -2.14. The first-order chi connectivity index (χ1) is 10.0. The van der Waals surface area contributed by atoms with Crippen molar-refractivity contribution in [2.75, 3.05) is 0 Å². The molecule has 0 aliphatic heterocycles. The van der Waals surface area contributed by atoms with E-state index in [0.29, 0.717) is 0 Å². The second-order valence-corrected chi connectivity index (χ2v) is 4.13. The van der Waals surface area contributed by atoms with E-state index in [-0.39, 0.29) is 23.6 Å². The summed E-state index contributed by atoms with van der Waals surface area (Å²) in [6.45, 7) is -0.361. The number of ether oxygens (including phenoxy) is 1. The van der Waals surface area contributed by atoms with Crippen LogP contribution in [0.4, 0.5) is 13.2 Å². The van der Waals surface area contributed by atoms with Crippen molar-refractivity contribution in [1.29, 1.82) is 0 Å². The van der Waals surface area contributed by atoms with E-state index in [2.05, 4.69) is 5.16 Å². The molecule has 0 saturated carbocycles. The SMILES string of the molecule is N/C(=N/O)c1ccc(COc2c(F)cccc2F)c(F)c1. The maximum Gasteiger partial charge on any atom is 0.191 e. The molecule has 0 aliphatic rings. The summed E-state index contributed by atoms with van der Waals surface area (Å²) in [6, 6.07) is 7.03. The van der Waals surface area contributed by atoms with Crippen molar-refractivity contribution in [2.45, 2.75) is 6.61 Å². The molecule has 0 saturated heterocycles. The molecule has 2 aromatic carbocycles. The summed E-state index contributed by atoms with van der Waals surface area (Å²) in [4.78, 5) is 0. The van der Waals surface area contributed by atoms with Gasteiger partial charge in [0.15, 0.2) is 23.2 Å². The predicted molar refractivity (Wildman–Crippen MR) is 69.6 cm³/mol. The highest BCUT2D eigenvalue weighted by Gasteiger charge is 2.12. The molecule has 0 unspecified atom stereocenters. The van der Waals surface area contributed by atoms with Crippen LogP contribution in [-0.2, 0) is 6.61 Å². The summed E-state index contributed by atoms with van der Waals surface area (Å²) in [5.74, 6) is -3.26. The summed E-state index contributed by atoms with van der Waals surface area (Å²) in [5, 5.41) is 11.2. The predicted octanol–water partition coefficient (Wildman–Crippen LogP) is 2.78. The van der Waals surface area contributed by atoms with Crippen LogP contribution in [0.5, 0.6) is 5.75 Å². The maximum absolute atomic E-state index is 13.8. The van der Waals surface area contributed by atoms with Crippen LogP contribution in [0.1, 0.15) is 11.1 Å². The molecule has 0 heterocycles. The third-order valence-corrected chi connectivity index (χ3v) is 2.75. The van der Waals surface area contributed by atoms with E-state index in [4.69, 9.17) is 15.7 Å². The zero-order valence-corrected chi connectivity index (χ0v) is 10.7. The Morgan fingerprint density at radius 1 is 1.10 bits per heavy atom. The Kier molecular flexibility index (Phi) is 4.32. The Bertz CT molecular complexity index is 670. The fraction of sp³-hybridized carbons (Fsp3) is 0.0714. The number of amidine groups is 1. The van der Waals surface area contributed by atoms with Gasteiger partial charge in [0.2, 0.25) is 0 Å². The summed E-state index contributed by atoms with van der Waals surface area (Å²) in [6.07, 6.45) is 0. The monoisotopic (exact) mass is 296 g/mol. The lowest BCUT2D eigenvalue weighted by atomic mass is 10.1. The van der Waals surface area contributed by atoms with Crippen LogP contribution >= 0.6 is 0 Å². The molecule has 0 radical (unpaired) electrons. The number of hydrogen-bond acceptors (Lipinski definition) is 3. The first-order valence-electron chi connectivity index (χ1n) is 5.86. The van der Waals surface area contributed by atoms with Gasteiger partial charge in [-0.2, -0.15) is 0 Å². The van der Waals surface area contributed by atoms with E-state index < -0.39 is 23.2 Å². The van der Waals surface area contributed by atoms with Gasteiger partial charge in [-0.25, -0.2) is 13.2 Å². The minimum atomic E-state index is -0.872. The number of rotatable bonds is 4. The first-order valence-corrected chi connectivity index (χ1v) is 5.86. The molecule has 0 aromatic heterocycles. The molecular formula is C14H11F3N2O2. The number of nitrogens with zero attached hydrogens (tertiary/aromatic N) is 1. The normalized spacial score (nSPS) is 11.5. The highest BCUT2D eigenvalue weighted by molar-refractivity contribution is 5.97. The van der Waals surface area contributed by atoms with Crippen LogP contribution in [0.3, 0.4) is 0 Å². The van der Waals surface area contributed by atoms with Gasteiger partial charge in [0.1, 0.15) is 12.4 Å². The lowest BCUT2D eigenvalue weighted by Gasteiger charge is -2.09. The highest BCUT2D eigenvalue weighted by atomic mass is 19.1. The number of para-hydroxylation sites is 1. The van der Waals surface area contributed by atoms with Gasteiger partial charge in [-0.05, 0) is 18.2 Å². The number of oxime groups is 1. The molecule has 0 bridgehead atoms. The third kappa shape index (κ3) is 3.25. The number of nitrogens with two attached hydrogens (primary N) is 1. The Morgan fingerprint density at radius 2 is 1.76 bits per heavy atom. The molecule has 7 heteroatoms. The zero-order chi connectivity index (χ0) is 15.4. The summed E-state index contributed by atoms with van der Waals surface area (Å²) in [5.41, 5.74) is 5.57. The van der Waals surface area contributed by atoms with Crippen LogP contribution in [0, 0.1) is 17.5 Å². The van der Waals surface area contributed by atoms with Crippen LogP contribution in [0.25, 0.3) is 0 Å². The summed E-state index contributed by atoms with van der Waals surface area (Å²) < 4.78 is 45.5. The second-order valence-electron chi connectivity index (χ2n) is 4.13. The molecule has 0 spiro atoms. The first kappa shape index (κ1) is 14.7.